The Morgan fingerprint density at radius 2 is 1.90 bits per heavy atom. The zero-order chi connectivity index (χ0) is 20.6. The monoisotopic (exact) mass is 413 g/mol. The van der Waals surface area contributed by atoms with Crippen LogP contribution in [-0.4, -0.2) is 22.7 Å². The van der Waals surface area contributed by atoms with Gasteiger partial charge in [-0.05, 0) is 35.7 Å². The van der Waals surface area contributed by atoms with Gasteiger partial charge in [0, 0.05) is 10.6 Å². The molecule has 3 rings (SSSR count). The third-order valence-corrected chi connectivity index (χ3v) is 4.94. The van der Waals surface area contributed by atoms with E-state index >= 15 is 0 Å². The highest BCUT2D eigenvalue weighted by Gasteiger charge is 2.26. The minimum Gasteiger partial charge on any atom is -0.367 e. The van der Waals surface area contributed by atoms with Gasteiger partial charge < -0.3 is 14.6 Å². The van der Waals surface area contributed by atoms with E-state index in [1.54, 1.807) is 12.1 Å². The smallest absolute Gasteiger partial charge is 0.249 e. The van der Waals surface area contributed by atoms with Gasteiger partial charge in [0.05, 0.1) is 6.61 Å². The summed E-state index contributed by atoms with van der Waals surface area (Å²) in [7, 11) is 0. The van der Waals surface area contributed by atoms with E-state index in [4.69, 9.17) is 20.9 Å². The van der Waals surface area contributed by atoms with Gasteiger partial charge in [-0.25, -0.2) is 0 Å². The van der Waals surface area contributed by atoms with Gasteiger partial charge in [0.1, 0.15) is 12.6 Å². The van der Waals surface area contributed by atoms with Crippen molar-refractivity contribution < 1.29 is 14.1 Å². The average Bonchev–Trinajstić information content (AvgIpc) is 3.22. The predicted octanol–water partition coefficient (Wildman–Crippen LogP) is 4.81. The quantitative estimate of drug-likeness (QED) is 0.544. The summed E-state index contributed by atoms with van der Waals surface area (Å²) >= 11 is 5.93. The molecule has 7 heteroatoms. The third kappa shape index (κ3) is 5.89. The standard InChI is InChI=1S/C22H24ClN3O3/c1-3-15(2)20(24-19(27)14-28-13-16-7-5-4-6-8-16)22-25-21(26-29-22)17-9-11-18(23)12-10-17/h4-12,15,20H,3,13-14H2,1-2H3,(H,24,27)/t15-,20-/m0/s1. The first kappa shape index (κ1) is 21.0. The lowest BCUT2D eigenvalue weighted by Crippen LogP contribution is -2.35. The van der Waals surface area contributed by atoms with Crippen LogP contribution in [0.4, 0.5) is 0 Å². The molecular weight excluding hydrogens is 390 g/mol. The van der Waals surface area contributed by atoms with Gasteiger partial charge in [0.25, 0.3) is 0 Å². The van der Waals surface area contributed by atoms with Crippen molar-refractivity contribution in [3.05, 3.63) is 71.1 Å². The second-order valence-electron chi connectivity index (χ2n) is 6.87. The van der Waals surface area contributed by atoms with Gasteiger partial charge in [-0.2, -0.15) is 4.98 Å². The third-order valence-electron chi connectivity index (χ3n) is 4.68. The van der Waals surface area contributed by atoms with E-state index in [1.807, 2.05) is 56.3 Å². The van der Waals surface area contributed by atoms with Gasteiger partial charge in [0.15, 0.2) is 0 Å². The molecule has 29 heavy (non-hydrogen) atoms. The molecule has 0 aliphatic carbocycles. The molecule has 2 atom stereocenters. The summed E-state index contributed by atoms with van der Waals surface area (Å²) < 4.78 is 11.0. The molecule has 0 unspecified atom stereocenters. The number of halogens is 1. The van der Waals surface area contributed by atoms with Crippen LogP contribution in [-0.2, 0) is 16.1 Å². The molecule has 0 aliphatic heterocycles. The summed E-state index contributed by atoms with van der Waals surface area (Å²) in [6, 6.07) is 16.5. The summed E-state index contributed by atoms with van der Waals surface area (Å²) in [5, 5.41) is 7.65. The fourth-order valence-electron chi connectivity index (χ4n) is 2.81. The number of aromatic nitrogens is 2. The van der Waals surface area contributed by atoms with Gasteiger partial charge in [0.2, 0.25) is 17.6 Å². The number of amides is 1. The highest BCUT2D eigenvalue weighted by Crippen LogP contribution is 2.26. The van der Waals surface area contributed by atoms with Gasteiger partial charge >= 0.3 is 0 Å². The largest absolute Gasteiger partial charge is 0.367 e. The molecule has 6 nitrogen and oxygen atoms in total. The topological polar surface area (TPSA) is 77.2 Å². The molecule has 1 aromatic heterocycles. The number of rotatable bonds is 9. The molecule has 0 saturated heterocycles. The van der Waals surface area contributed by atoms with E-state index in [1.165, 1.54) is 0 Å². The molecule has 2 aromatic carbocycles. The van der Waals surface area contributed by atoms with E-state index in [2.05, 4.69) is 15.5 Å². The molecule has 0 saturated carbocycles. The number of carbonyl (C=O) groups excluding carboxylic acids is 1. The predicted molar refractivity (Wildman–Crippen MR) is 111 cm³/mol. The van der Waals surface area contributed by atoms with E-state index in [0.29, 0.717) is 23.3 Å². The minimum absolute atomic E-state index is 0.0417. The van der Waals surface area contributed by atoms with Crippen LogP contribution in [0.1, 0.15) is 37.8 Å². The average molecular weight is 414 g/mol. The fraction of sp³-hybridized carbons (Fsp3) is 0.318. The highest BCUT2D eigenvalue weighted by molar-refractivity contribution is 6.30. The zero-order valence-electron chi connectivity index (χ0n) is 16.5. The highest BCUT2D eigenvalue weighted by atomic mass is 35.5. The Labute approximate surface area is 175 Å². The van der Waals surface area contributed by atoms with Crippen molar-refractivity contribution in [2.75, 3.05) is 6.61 Å². The number of benzene rings is 2. The van der Waals surface area contributed by atoms with Crippen LogP contribution in [0.15, 0.2) is 59.1 Å². The first-order valence-electron chi connectivity index (χ1n) is 9.57. The van der Waals surface area contributed by atoms with Crippen molar-refractivity contribution in [3.63, 3.8) is 0 Å². The van der Waals surface area contributed by atoms with Crippen molar-refractivity contribution in [1.82, 2.24) is 15.5 Å². The summed E-state index contributed by atoms with van der Waals surface area (Å²) in [5.41, 5.74) is 1.81. The zero-order valence-corrected chi connectivity index (χ0v) is 17.2. The number of nitrogens with one attached hydrogen (secondary N) is 1. The maximum Gasteiger partial charge on any atom is 0.249 e. The Balaban J connectivity index is 1.63. The van der Waals surface area contributed by atoms with Crippen LogP contribution < -0.4 is 5.32 Å². The van der Waals surface area contributed by atoms with Crippen molar-refractivity contribution in [2.24, 2.45) is 5.92 Å². The molecule has 1 amide bonds. The molecule has 0 spiro atoms. The summed E-state index contributed by atoms with van der Waals surface area (Å²) in [6.07, 6.45) is 0.842. The molecule has 0 bridgehead atoms. The SMILES string of the molecule is CC[C@H](C)[C@H](NC(=O)COCc1ccccc1)c1nc(-c2ccc(Cl)cc2)no1. The molecule has 3 aromatic rings. The fourth-order valence-corrected chi connectivity index (χ4v) is 2.94. The number of nitrogens with zero attached hydrogens (tertiary/aromatic N) is 2. The Bertz CT molecular complexity index is 913. The maximum atomic E-state index is 12.4. The van der Waals surface area contributed by atoms with Gasteiger partial charge in [-0.1, -0.05) is 67.4 Å². The Hall–Kier alpha value is -2.70. The van der Waals surface area contributed by atoms with E-state index < -0.39 is 0 Å². The van der Waals surface area contributed by atoms with Crippen LogP contribution in [0.5, 0.6) is 0 Å². The second kappa shape index (κ2) is 10.2. The lowest BCUT2D eigenvalue weighted by atomic mass is 9.99. The van der Waals surface area contributed by atoms with E-state index in [9.17, 15) is 4.79 Å². The molecule has 1 N–H and O–H groups in total. The first-order valence-corrected chi connectivity index (χ1v) is 9.95. The first-order chi connectivity index (χ1) is 14.1. The van der Waals surface area contributed by atoms with Crippen LogP contribution >= 0.6 is 11.6 Å². The lowest BCUT2D eigenvalue weighted by Gasteiger charge is -2.20. The summed E-state index contributed by atoms with van der Waals surface area (Å²) in [4.78, 5) is 16.9. The molecular formula is C22H24ClN3O3. The van der Waals surface area contributed by atoms with Gasteiger partial charge in [-0.15, -0.1) is 0 Å². The van der Waals surface area contributed by atoms with Crippen LogP contribution in [0.25, 0.3) is 11.4 Å². The number of hydrogen-bond acceptors (Lipinski definition) is 5. The summed E-state index contributed by atoms with van der Waals surface area (Å²) in [6.45, 7) is 4.41. The normalized spacial score (nSPS) is 13.1. The van der Waals surface area contributed by atoms with Crippen LogP contribution in [0.3, 0.4) is 0 Å². The molecule has 152 valence electrons. The number of ether oxygens (including phenoxy) is 1. The summed E-state index contributed by atoms with van der Waals surface area (Å²) in [5.74, 6) is 0.726. The number of carbonyl (C=O) groups is 1. The Kier molecular flexibility index (Phi) is 7.38. The van der Waals surface area contributed by atoms with E-state index in [0.717, 1.165) is 17.5 Å². The molecule has 1 heterocycles. The minimum atomic E-state index is -0.388. The molecule has 0 radical (unpaired) electrons. The van der Waals surface area contributed by atoms with Crippen molar-refractivity contribution >= 4 is 17.5 Å². The van der Waals surface area contributed by atoms with Crippen LogP contribution in [0, 0.1) is 5.92 Å². The number of hydrogen-bond donors (Lipinski definition) is 1. The van der Waals surface area contributed by atoms with Crippen molar-refractivity contribution in [2.45, 2.75) is 32.9 Å². The molecule has 0 fully saturated rings. The van der Waals surface area contributed by atoms with E-state index in [-0.39, 0.29) is 24.5 Å². The lowest BCUT2D eigenvalue weighted by molar-refractivity contribution is -0.127. The van der Waals surface area contributed by atoms with Crippen molar-refractivity contribution in [1.29, 1.82) is 0 Å². The maximum absolute atomic E-state index is 12.4. The molecule has 0 aliphatic rings. The van der Waals surface area contributed by atoms with Gasteiger partial charge in [-0.3, -0.25) is 4.79 Å². The second-order valence-corrected chi connectivity index (χ2v) is 7.31. The Morgan fingerprint density at radius 1 is 1.17 bits per heavy atom. The van der Waals surface area contributed by atoms with Crippen LogP contribution in [0.2, 0.25) is 5.02 Å². The van der Waals surface area contributed by atoms with Crippen molar-refractivity contribution in [3.8, 4) is 11.4 Å². The Morgan fingerprint density at radius 3 is 2.59 bits per heavy atom.